The van der Waals surface area contributed by atoms with Crippen molar-refractivity contribution in [2.45, 2.75) is 37.7 Å². The Balaban J connectivity index is 1.49. The second kappa shape index (κ2) is 10.9. The zero-order valence-electron chi connectivity index (χ0n) is 21.5. The maximum atomic E-state index is 13.4. The molecule has 2 amide bonds. The van der Waals surface area contributed by atoms with Crippen LogP contribution >= 0.6 is 11.6 Å². The number of cyclic esters (lactones) is 1. The molecular formula is C26H25ClF3N5O5. The third-order valence-electron chi connectivity index (χ3n) is 6.76. The van der Waals surface area contributed by atoms with Gasteiger partial charge in [-0.15, -0.1) is 0 Å². The van der Waals surface area contributed by atoms with Crippen molar-refractivity contribution >= 4 is 23.6 Å². The smallest absolute Gasteiger partial charge is 0.435 e. The number of amides is 2. The summed E-state index contributed by atoms with van der Waals surface area (Å²) >= 11 is 5.93. The monoisotopic (exact) mass is 579 g/mol. The van der Waals surface area contributed by atoms with Gasteiger partial charge in [-0.3, -0.25) is 9.48 Å². The number of aryl methyl sites for hydroxylation is 1. The minimum atomic E-state index is -4.68. The molecular weight excluding hydrogens is 555 g/mol. The number of hydrogen-bond acceptors (Lipinski definition) is 7. The van der Waals surface area contributed by atoms with Gasteiger partial charge in [-0.25, -0.2) is 9.78 Å². The topological polar surface area (TPSA) is 108 Å². The van der Waals surface area contributed by atoms with E-state index in [4.69, 9.17) is 25.8 Å². The fourth-order valence-corrected chi connectivity index (χ4v) is 4.85. The molecule has 14 heteroatoms. The number of rotatable bonds is 7. The molecule has 0 unspecified atom stereocenters. The first-order valence-electron chi connectivity index (χ1n) is 12.4. The number of benzene rings is 1. The van der Waals surface area contributed by atoms with Crippen molar-refractivity contribution < 1.29 is 37.0 Å². The molecule has 0 saturated carbocycles. The Morgan fingerprint density at radius 1 is 1.25 bits per heavy atom. The van der Waals surface area contributed by atoms with Gasteiger partial charge in [0.25, 0.3) is 5.91 Å². The SMILES string of the molecule is COc1nc(-c2cc(C(F)(F)F)nn2C)c(O[C@H]2CCN3C(=O)OC[C@@H]3C2)cc1C(=O)NCc1ccc(Cl)cc1. The molecule has 0 spiro atoms. The van der Waals surface area contributed by atoms with E-state index in [1.165, 1.54) is 20.2 Å². The van der Waals surface area contributed by atoms with Crippen LogP contribution in [0.5, 0.6) is 11.6 Å². The summed E-state index contributed by atoms with van der Waals surface area (Å²) in [5.41, 5.74) is -0.225. The van der Waals surface area contributed by atoms with Gasteiger partial charge < -0.3 is 24.4 Å². The van der Waals surface area contributed by atoms with Crippen molar-refractivity contribution in [2.24, 2.45) is 7.05 Å². The standard InChI is InChI=1S/C26H25ClF3N5O5/c1-34-19(11-21(33-34)26(28,29)30)22-20(40-17-7-8-35-16(9-17)13-39-25(35)37)10-18(24(32-22)38-2)23(36)31-12-14-3-5-15(27)6-4-14/h3-6,10-11,16-17H,7-9,12-13H2,1-2H3,(H,31,36)/t16-,17-/m0/s1. The molecule has 4 heterocycles. The minimum absolute atomic E-state index is 0.0190. The summed E-state index contributed by atoms with van der Waals surface area (Å²) in [5.74, 6) is -0.547. The van der Waals surface area contributed by atoms with Crippen LogP contribution < -0.4 is 14.8 Å². The van der Waals surface area contributed by atoms with Crippen LogP contribution in [-0.2, 0) is 24.5 Å². The Morgan fingerprint density at radius 3 is 2.67 bits per heavy atom. The van der Waals surface area contributed by atoms with Crippen molar-refractivity contribution in [3.8, 4) is 23.0 Å². The molecule has 2 fully saturated rings. The van der Waals surface area contributed by atoms with Crippen LogP contribution in [0.2, 0.25) is 5.02 Å². The third kappa shape index (κ3) is 5.64. The van der Waals surface area contributed by atoms with Crippen molar-refractivity contribution in [3.63, 3.8) is 0 Å². The van der Waals surface area contributed by atoms with Crippen LogP contribution in [0.25, 0.3) is 11.4 Å². The molecule has 0 bridgehead atoms. The molecule has 2 aromatic heterocycles. The Hall–Kier alpha value is -4.00. The van der Waals surface area contributed by atoms with E-state index in [1.807, 2.05) is 0 Å². The predicted molar refractivity (Wildman–Crippen MR) is 136 cm³/mol. The number of aromatic nitrogens is 3. The fourth-order valence-electron chi connectivity index (χ4n) is 4.73. The molecule has 212 valence electrons. The first-order valence-corrected chi connectivity index (χ1v) is 12.7. The number of ether oxygens (including phenoxy) is 3. The largest absolute Gasteiger partial charge is 0.488 e. The van der Waals surface area contributed by atoms with Gasteiger partial charge in [0, 0.05) is 44.1 Å². The zero-order valence-corrected chi connectivity index (χ0v) is 22.3. The van der Waals surface area contributed by atoms with Crippen LogP contribution in [-0.4, -0.2) is 64.1 Å². The highest BCUT2D eigenvalue weighted by Crippen LogP contribution is 2.38. The Bertz CT molecular complexity index is 1430. The van der Waals surface area contributed by atoms with Crippen LogP contribution in [0.15, 0.2) is 36.4 Å². The highest BCUT2D eigenvalue weighted by Gasteiger charge is 2.40. The van der Waals surface area contributed by atoms with Crippen LogP contribution in [0.1, 0.15) is 34.5 Å². The number of carbonyl (C=O) groups is 2. The Labute approximate surface area is 232 Å². The molecule has 0 aliphatic carbocycles. The Morgan fingerprint density at radius 2 is 2.00 bits per heavy atom. The van der Waals surface area contributed by atoms with Crippen molar-refractivity contribution in [3.05, 3.63) is 58.2 Å². The van der Waals surface area contributed by atoms with Gasteiger partial charge in [-0.1, -0.05) is 23.7 Å². The van der Waals surface area contributed by atoms with E-state index in [0.29, 0.717) is 24.4 Å². The van der Waals surface area contributed by atoms with E-state index in [1.54, 1.807) is 29.2 Å². The summed E-state index contributed by atoms with van der Waals surface area (Å²) in [5, 5.41) is 6.93. The summed E-state index contributed by atoms with van der Waals surface area (Å²) < 4.78 is 58.1. The molecule has 10 nitrogen and oxygen atoms in total. The summed E-state index contributed by atoms with van der Waals surface area (Å²) in [6.07, 6.45) is -4.58. The second-order valence-electron chi connectivity index (χ2n) is 9.43. The number of fused-ring (bicyclic) bond motifs is 1. The average Bonchev–Trinajstić information content (AvgIpc) is 3.50. The second-order valence-corrected chi connectivity index (χ2v) is 9.86. The van der Waals surface area contributed by atoms with Gasteiger partial charge in [0.1, 0.15) is 29.7 Å². The van der Waals surface area contributed by atoms with Crippen LogP contribution in [0.4, 0.5) is 18.0 Å². The van der Waals surface area contributed by atoms with E-state index >= 15 is 0 Å². The molecule has 2 saturated heterocycles. The lowest BCUT2D eigenvalue weighted by molar-refractivity contribution is -0.141. The molecule has 3 aromatic rings. The van der Waals surface area contributed by atoms with Crippen LogP contribution in [0, 0.1) is 0 Å². The zero-order chi connectivity index (χ0) is 28.6. The Kier molecular flexibility index (Phi) is 7.49. The number of piperidine rings is 1. The van der Waals surface area contributed by atoms with Gasteiger partial charge >= 0.3 is 12.3 Å². The third-order valence-corrected chi connectivity index (χ3v) is 7.02. The lowest BCUT2D eigenvalue weighted by Crippen LogP contribution is -2.44. The van der Waals surface area contributed by atoms with E-state index in [9.17, 15) is 22.8 Å². The van der Waals surface area contributed by atoms with E-state index in [-0.39, 0.29) is 53.9 Å². The number of methoxy groups -OCH3 is 1. The van der Waals surface area contributed by atoms with Gasteiger partial charge in [0.05, 0.1) is 18.8 Å². The quantitative estimate of drug-likeness (QED) is 0.440. The summed E-state index contributed by atoms with van der Waals surface area (Å²) in [6, 6.07) is 9.01. The lowest BCUT2D eigenvalue weighted by atomic mass is 10.0. The highest BCUT2D eigenvalue weighted by atomic mass is 35.5. The summed E-state index contributed by atoms with van der Waals surface area (Å²) in [7, 11) is 2.66. The fraction of sp³-hybridized carbons (Fsp3) is 0.385. The van der Waals surface area contributed by atoms with E-state index in [0.717, 1.165) is 16.3 Å². The molecule has 5 rings (SSSR count). The lowest BCUT2D eigenvalue weighted by Gasteiger charge is -2.33. The molecule has 40 heavy (non-hydrogen) atoms. The van der Waals surface area contributed by atoms with Crippen LogP contribution in [0.3, 0.4) is 0 Å². The molecule has 1 aromatic carbocycles. The first-order chi connectivity index (χ1) is 19.0. The maximum absolute atomic E-state index is 13.4. The van der Waals surface area contributed by atoms with Crippen molar-refractivity contribution in [1.29, 1.82) is 0 Å². The first kappa shape index (κ1) is 27.6. The summed E-state index contributed by atoms with van der Waals surface area (Å²) in [6.45, 7) is 0.800. The predicted octanol–water partition coefficient (Wildman–Crippen LogP) is 4.45. The normalized spacial score (nSPS) is 18.8. The van der Waals surface area contributed by atoms with E-state index < -0.39 is 23.9 Å². The van der Waals surface area contributed by atoms with Gasteiger partial charge in [0.2, 0.25) is 5.88 Å². The number of alkyl halides is 3. The number of hydrogen-bond donors (Lipinski definition) is 1. The number of nitrogens with zero attached hydrogens (tertiary/aromatic N) is 4. The average molecular weight is 580 g/mol. The number of carbonyl (C=O) groups excluding carboxylic acids is 2. The van der Waals surface area contributed by atoms with E-state index in [2.05, 4.69) is 15.4 Å². The highest BCUT2D eigenvalue weighted by molar-refractivity contribution is 6.30. The van der Waals surface area contributed by atoms with Gasteiger partial charge in [-0.2, -0.15) is 18.3 Å². The number of halogens is 4. The number of pyridine rings is 1. The van der Waals surface area contributed by atoms with Crippen molar-refractivity contribution in [2.75, 3.05) is 20.3 Å². The van der Waals surface area contributed by atoms with Crippen molar-refractivity contribution in [1.82, 2.24) is 25.0 Å². The maximum Gasteiger partial charge on any atom is 0.435 e. The summed E-state index contributed by atoms with van der Waals surface area (Å²) in [4.78, 5) is 31.1. The molecule has 2 aliphatic rings. The number of nitrogens with one attached hydrogen (secondary N) is 1. The molecule has 2 aliphatic heterocycles. The molecule has 1 N–H and O–H groups in total. The minimum Gasteiger partial charge on any atom is -0.488 e. The van der Waals surface area contributed by atoms with Gasteiger partial charge in [0.15, 0.2) is 5.69 Å². The van der Waals surface area contributed by atoms with Gasteiger partial charge in [-0.05, 0) is 23.8 Å². The molecule has 2 atom stereocenters. The molecule has 0 radical (unpaired) electrons.